The summed E-state index contributed by atoms with van der Waals surface area (Å²) >= 11 is 0.742. The molecule has 2 aliphatic rings. The average Bonchev–Trinajstić information content (AvgIpc) is 3.00. The molecule has 160 valence electrons. The van der Waals surface area contributed by atoms with Crippen LogP contribution in [0, 0.1) is 0 Å². The van der Waals surface area contributed by atoms with Crippen LogP contribution in [-0.2, 0) is 19.1 Å². The minimum atomic E-state index is -1.37. The van der Waals surface area contributed by atoms with E-state index in [4.69, 9.17) is 14.2 Å². The summed E-state index contributed by atoms with van der Waals surface area (Å²) < 4.78 is 15.4. The number of carbonyl (C=O) groups excluding carboxylic acids is 4. The number of nitrogens with zero attached hydrogens (tertiary/aromatic N) is 2. The molecule has 30 heavy (non-hydrogen) atoms. The van der Waals surface area contributed by atoms with Gasteiger partial charge < -0.3 is 29.0 Å². The van der Waals surface area contributed by atoms with E-state index in [2.05, 4.69) is 0 Å². The van der Waals surface area contributed by atoms with E-state index in [1.807, 2.05) is 0 Å². The molecule has 1 aromatic rings. The van der Waals surface area contributed by atoms with E-state index in [1.165, 1.54) is 25.3 Å². The molecule has 0 spiro atoms. The van der Waals surface area contributed by atoms with Gasteiger partial charge in [-0.3, -0.25) is 19.3 Å². The number of hydrogen-bond donors (Lipinski definition) is 0. The lowest BCUT2D eigenvalue weighted by atomic mass is 10.2. The second kappa shape index (κ2) is 9.63. The lowest BCUT2D eigenvalue weighted by Crippen LogP contribution is -2.46. The minimum absolute atomic E-state index is 0.167. The van der Waals surface area contributed by atoms with Gasteiger partial charge >= 0.3 is 0 Å². The zero-order chi connectivity index (χ0) is 21.7. The Hall–Kier alpha value is -3.05. The van der Waals surface area contributed by atoms with Crippen LogP contribution >= 0.6 is 11.8 Å². The van der Waals surface area contributed by atoms with Gasteiger partial charge in [0.2, 0.25) is 5.91 Å². The molecule has 11 heteroatoms. The van der Waals surface area contributed by atoms with Crippen molar-refractivity contribution in [1.82, 2.24) is 9.80 Å². The van der Waals surface area contributed by atoms with Crippen LogP contribution in [0.1, 0.15) is 5.56 Å². The van der Waals surface area contributed by atoms with Gasteiger partial charge in [0.15, 0.2) is 11.5 Å². The van der Waals surface area contributed by atoms with Crippen molar-refractivity contribution >= 4 is 40.9 Å². The SMILES string of the molecule is COc1cc(/C=C2\SC(=O)N(CC(=O)N3CCOCC3)C2=O)ccc1OCC(=O)[O-]. The van der Waals surface area contributed by atoms with E-state index in [-0.39, 0.29) is 28.9 Å². The van der Waals surface area contributed by atoms with E-state index >= 15 is 0 Å². The van der Waals surface area contributed by atoms with Crippen molar-refractivity contribution in [3.8, 4) is 11.5 Å². The molecule has 3 rings (SSSR count). The molecule has 2 saturated heterocycles. The minimum Gasteiger partial charge on any atom is -0.546 e. The molecular weight excluding hydrogens is 416 g/mol. The number of thioether (sulfide) groups is 1. The Morgan fingerprint density at radius 2 is 1.97 bits per heavy atom. The Morgan fingerprint density at radius 1 is 1.23 bits per heavy atom. The van der Waals surface area contributed by atoms with Crippen molar-refractivity contribution in [2.75, 3.05) is 46.6 Å². The van der Waals surface area contributed by atoms with Gasteiger partial charge in [-0.1, -0.05) is 6.07 Å². The van der Waals surface area contributed by atoms with Crippen LogP contribution in [0.15, 0.2) is 23.1 Å². The van der Waals surface area contributed by atoms with E-state index in [0.717, 1.165) is 16.7 Å². The molecule has 2 aliphatic heterocycles. The molecule has 0 aromatic heterocycles. The van der Waals surface area contributed by atoms with Crippen LogP contribution in [0.3, 0.4) is 0 Å². The summed E-state index contributed by atoms with van der Waals surface area (Å²) in [6.45, 7) is 0.761. The number of ether oxygens (including phenoxy) is 3. The number of carboxylic acid groups (broad SMARTS) is 1. The molecule has 0 radical (unpaired) electrons. The Kier molecular flexibility index (Phi) is 6.95. The zero-order valence-corrected chi connectivity index (χ0v) is 16.9. The van der Waals surface area contributed by atoms with Crippen LogP contribution in [0.5, 0.6) is 11.5 Å². The van der Waals surface area contributed by atoms with Crippen molar-refractivity contribution in [2.24, 2.45) is 0 Å². The van der Waals surface area contributed by atoms with Gasteiger partial charge in [0.1, 0.15) is 13.2 Å². The number of rotatable bonds is 7. The van der Waals surface area contributed by atoms with Crippen molar-refractivity contribution in [1.29, 1.82) is 0 Å². The summed E-state index contributed by atoms with van der Waals surface area (Å²) in [4.78, 5) is 50.4. The Bertz CT molecular complexity index is 895. The first-order valence-electron chi connectivity index (χ1n) is 9.00. The maximum Gasteiger partial charge on any atom is 0.294 e. The van der Waals surface area contributed by atoms with Crippen molar-refractivity contribution in [3.05, 3.63) is 28.7 Å². The molecule has 2 heterocycles. The van der Waals surface area contributed by atoms with Crippen LogP contribution in [-0.4, -0.2) is 79.4 Å². The number of benzene rings is 1. The monoisotopic (exact) mass is 435 g/mol. The maximum absolute atomic E-state index is 12.6. The van der Waals surface area contributed by atoms with Gasteiger partial charge in [0.25, 0.3) is 11.1 Å². The zero-order valence-electron chi connectivity index (χ0n) is 16.1. The van der Waals surface area contributed by atoms with Crippen LogP contribution in [0.25, 0.3) is 6.08 Å². The van der Waals surface area contributed by atoms with Crippen LogP contribution in [0.4, 0.5) is 4.79 Å². The second-order valence-electron chi connectivity index (χ2n) is 6.33. The highest BCUT2D eigenvalue weighted by atomic mass is 32.2. The molecule has 0 unspecified atom stereocenters. The standard InChI is InChI=1S/C19H20N2O8S/c1-27-14-8-12(2-3-13(14)29-11-17(23)24)9-15-18(25)21(19(26)30-15)10-16(22)20-4-6-28-7-5-20/h2-3,8-9H,4-7,10-11H2,1H3,(H,23,24)/p-1/b15-9-. The van der Waals surface area contributed by atoms with Crippen molar-refractivity contribution in [2.45, 2.75) is 0 Å². The number of morpholine rings is 1. The highest BCUT2D eigenvalue weighted by Gasteiger charge is 2.37. The van der Waals surface area contributed by atoms with E-state index in [0.29, 0.717) is 31.9 Å². The number of carboxylic acids is 1. The fourth-order valence-corrected chi connectivity index (χ4v) is 3.70. The number of hydrogen-bond acceptors (Lipinski definition) is 9. The molecule has 0 bridgehead atoms. The first-order valence-corrected chi connectivity index (χ1v) is 9.82. The molecule has 1 aromatic carbocycles. The summed E-state index contributed by atoms with van der Waals surface area (Å²) in [5, 5.41) is 10.0. The van der Waals surface area contributed by atoms with Gasteiger partial charge in [0, 0.05) is 13.1 Å². The Labute approximate surface area is 176 Å². The third kappa shape index (κ3) is 5.10. The van der Waals surface area contributed by atoms with Gasteiger partial charge in [-0.25, -0.2) is 0 Å². The molecule has 0 saturated carbocycles. The van der Waals surface area contributed by atoms with Crippen molar-refractivity contribution < 1.29 is 38.5 Å². The maximum atomic E-state index is 12.6. The molecule has 0 N–H and O–H groups in total. The topological polar surface area (TPSA) is 126 Å². The highest BCUT2D eigenvalue weighted by Crippen LogP contribution is 2.34. The fraction of sp³-hybridized carbons (Fsp3) is 0.368. The van der Waals surface area contributed by atoms with Gasteiger partial charge in [-0.05, 0) is 35.5 Å². The molecule has 0 atom stereocenters. The second-order valence-corrected chi connectivity index (χ2v) is 7.33. The van der Waals surface area contributed by atoms with Gasteiger partial charge in [-0.15, -0.1) is 0 Å². The van der Waals surface area contributed by atoms with E-state index in [9.17, 15) is 24.3 Å². The van der Waals surface area contributed by atoms with Gasteiger partial charge in [0.05, 0.1) is 31.2 Å². The molecular formula is C19H19N2O8S-. The van der Waals surface area contributed by atoms with Gasteiger partial charge in [-0.2, -0.15) is 0 Å². The van der Waals surface area contributed by atoms with E-state index in [1.54, 1.807) is 11.0 Å². The third-order valence-electron chi connectivity index (χ3n) is 4.36. The fourth-order valence-electron chi connectivity index (χ4n) is 2.87. The largest absolute Gasteiger partial charge is 0.546 e. The Morgan fingerprint density at radius 3 is 2.63 bits per heavy atom. The number of aliphatic carboxylic acids is 1. The highest BCUT2D eigenvalue weighted by molar-refractivity contribution is 8.18. The predicted octanol–water partition coefficient (Wildman–Crippen LogP) is -0.281. The first-order chi connectivity index (χ1) is 14.4. The van der Waals surface area contributed by atoms with E-state index < -0.39 is 23.7 Å². The Balaban J connectivity index is 1.71. The summed E-state index contributed by atoms with van der Waals surface area (Å²) in [5.41, 5.74) is 0.539. The first kappa shape index (κ1) is 21.7. The normalized spacial score (nSPS) is 18.1. The van der Waals surface area contributed by atoms with Crippen LogP contribution in [0.2, 0.25) is 0 Å². The quantitative estimate of drug-likeness (QED) is 0.532. The third-order valence-corrected chi connectivity index (χ3v) is 5.27. The predicted molar refractivity (Wildman–Crippen MR) is 104 cm³/mol. The number of amides is 3. The summed E-state index contributed by atoms with van der Waals surface area (Å²) in [6.07, 6.45) is 1.50. The summed E-state index contributed by atoms with van der Waals surface area (Å²) in [5.74, 6) is -1.78. The smallest absolute Gasteiger partial charge is 0.294 e. The molecule has 2 fully saturated rings. The lowest BCUT2D eigenvalue weighted by molar-refractivity contribution is -0.307. The summed E-state index contributed by atoms with van der Waals surface area (Å²) in [7, 11) is 1.39. The molecule has 0 aliphatic carbocycles. The number of imide groups is 1. The van der Waals surface area contributed by atoms with Crippen LogP contribution < -0.4 is 14.6 Å². The molecule has 10 nitrogen and oxygen atoms in total. The summed E-state index contributed by atoms with van der Waals surface area (Å²) in [6, 6.07) is 4.61. The lowest BCUT2D eigenvalue weighted by Gasteiger charge is -2.28. The average molecular weight is 435 g/mol. The number of methoxy groups -OCH3 is 1. The number of carbonyl (C=O) groups is 4. The van der Waals surface area contributed by atoms with Crippen molar-refractivity contribution in [3.63, 3.8) is 0 Å². The molecule has 3 amide bonds.